The zero-order chi connectivity index (χ0) is 26.2. The van der Waals surface area contributed by atoms with Gasteiger partial charge in [0.05, 0.1) is 22.2 Å². The van der Waals surface area contributed by atoms with E-state index in [1.165, 1.54) is 41.7 Å². The molecule has 0 atom stereocenters. The molecule has 9 rings (SSSR count). The molecule has 0 amide bonds. The average Bonchev–Trinajstić information content (AvgIpc) is 3.55. The average molecular weight is 528 g/mol. The van der Waals surface area contributed by atoms with Gasteiger partial charge in [0.2, 0.25) is 5.95 Å². The minimum atomic E-state index is 0.689. The van der Waals surface area contributed by atoms with E-state index in [2.05, 4.69) is 126 Å². The van der Waals surface area contributed by atoms with Gasteiger partial charge in [0, 0.05) is 47.3 Å². The van der Waals surface area contributed by atoms with Crippen LogP contribution in [0.25, 0.3) is 80.9 Å². The molecule has 3 aromatic heterocycles. The SMILES string of the molecule is c1ccc(-c2nc(-n3c4cc5sc6ccccc6c5cc4c4ccc5ccccc5c43)nc3ccccc23)cc1. The van der Waals surface area contributed by atoms with Gasteiger partial charge < -0.3 is 0 Å². The van der Waals surface area contributed by atoms with Gasteiger partial charge in [-0.2, -0.15) is 0 Å². The van der Waals surface area contributed by atoms with Gasteiger partial charge in [-0.25, -0.2) is 9.97 Å². The summed E-state index contributed by atoms with van der Waals surface area (Å²) in [7, 11) is 0. The molecule has 0 aliphatic carbocycles. The van der Waals surface area contributed by atoms with E-state index in [1.807, 2.05) is 17.4 Å². The fraction of sp³-hybridized carbons (Fsp3) is 0. The van der Waals surface area contributed by atoms with Crippen LogP contribution in [0.4, 0.5) is 0 Å². The minimum Gasteiger partial charge on any atom is -0.277 e. The molecule has 9 aromatic rings. The Kier molecular flexibility index (Phi) is 4.48. The lowest BCUT2D eigenvalue weighted by Crippen LogP contribution is -2.03. The molecule has 0 aliphatic rings. The van der Waals surface area contributed by atoms with Gasteiger partial charge in [0.25, 0.3) is 0 Å². The molecule has 6 aromatic carbocycles. The predicted molar refractivity (Wildman–Crippen MR) is 170 cm³/mol. The van der Waals surface area contributed by atoms with E-state index in [4.69, 9.17) is 9.97 Å². The third-order valence-electron chi connectivity index (χ3n) is 7.99. The highest BCUT2D eigenvalue weighted by Gasteiger charge is 2.20. The highest BCUT2D eigenvalue weighted by Crippen LogP contribution is 2.42. The lowest BCUT2D eigenvalue weighted by Gasteiger charge is -2.12. The Morgan fingerprint density at radius 2 is 1.25 bits per heavy atom. The van der Waals surface area contributed by atoms with Gasteiger partial charge in [0.15, 0.2) is 0 Å². The fourth-order valence-corrected chi connectivity index (χ4v) is 7.30. The Labute approximate surface area is 233 Å². The largest absolute Gasteiger partial charge is 0.277 e. The van der Waals surface area contributed by atoms with Crippen LogP contribution < -0.4 is 0 Å². The molecule has 0 N–H and O–H groups in total. The van der Waals surface area contributed by atoms with Crippen molar-refractivity contribution < 1.29 is 0 Å². The zero-order valence-corrected chi connectivity index (χ0v) is 22.2. The van der Waals surface area contributed by atoms with Crippen LogP contribution in [0.3, 0.4) is 0 Å². The van der Waals surface area contributed by atoms with E-state index in [9.17, 15) is 0 Å². The molecular formula is C36H21N3S. The summed E-state index contributed by atoms with van der Waals surface area (Å²) in [6.45, 7) is 0. The van der Waals surface area contributed by atoms with Crippen molar-refractivity contribution in [2.24, 2.45) is 0 Å². The molecule has 0 bridgehead atoms. The first kappa shape index (κ1) is 21.8. The first-order valence-corrected chi connectivity index (χ1v) is 14.2. The smallest absolute Gasteiger partial charge is 0.235 e. The summed E-state index contributed by atoms with van der Waals surface area (Å²) >= 11 is 1.84. The van der Waals surface area contributed by atoms with E-state index >= 15 is 0 Å². The second kappa shape index (κ2) is 8.22. The topological polar surface area (TPSA) is 30.7 Å². The van der Waals surface area contributed by atoms with Gasteiger partial charge in [0.1, 0.15) is 0 Å². The molecule has 0 aliphatic heterocycles. The Bertz CT molecular complexity index is 2430. The second-order valence-corrected chi connectivity index (χ2v) is 11.3. The van der Waals surface area contributed by atoms with E-state index in [0.717, 1.165) is 33.2 Å². The summed E-state index contributed by atoms with van der Waals surface area (Å²) in [5, 5.41) is 8.48. The quantitative estimate of drug-likeness (QED) is 0.224. The zero-order valence-electron chi connectivity index (χ0n) is 21.4. The number of rotatable bonds is 2. The van der Waals surface area contributed by atoms with Crippen molar-refractivity contribution in [1.82, 2.24) is 14.5 Å². The standard InChI is InChI=1S/C36H21N3S/c1-2-11-23(12-3-1)34-27-15-6-8-16-30(27)37-36(38-34)39-31-21-33-29(25-14-7-9-17-32(25)40-33)20-28(31)26-19-18-22-10-4-5-13-24(22)35(26)39/h1-21H. The lowest BCUT2D eigenvalue weighted by atomic mass is 10.0. The molecule has 0 unspecified atom stereocenters. The van der Waals surface area contributed by atoms with Crippen molar-refractivity contribution in [1.29, 1.82) is 0 Å². The molecule has 0 saturated heterocycles. The third kappa shape index (κ3) is 3.05. The molecule has 40 heavy (non-hydrogen) atoms. The van der Waals surface area contributed by atoms with Crippen LogP contribution in [0.2, 0.25) is 0 Å². The number of para-hydroxylation sites is 1. The van der Waals surface area contributed by atoms with E-state index in [0.29, 0.717) is 5.95 Å². The van der Waals surface area contributed by atoms with Crippen LogP contribution in [-0.4, -0.2) is 14.5 Å². The molecule has 4 heteroatoms. The molecule has 3 heterocycles. The maximum absolute atomic E-state index is 5.30. The van der Waals surface area contributed by atoms with Crippen molar-refractivity contribution in [3.05, 3.63) is 127 Å². The number of hydrogen-bond acceptors (Lipinski definition) is 3. The number of hydrogen-bond donors (Lipinski definition) is 0. The summed E-state index contributed by atoms with van der Waals surface area (Å²) < 4.78 is 4.86. The lowest BCUT2D eigenvalue weighted by molar-refractivity contribution is 1.02. The molecule has 0 fully saturated rings. The molecule has 0 radical (unpaired) electrons. The number of fused-ring (bicyclic) bond motifs is 9. The van der Waals surface area contributed by atoms with Gasteiger partial charge in [-0.15, -0.1) is 11.3 Å². The number of benzene rings is 6. The minimum absolute atomic E-state index is 0.689. The maximum atomic E-state index is 5.30. The van der Waals surface area contributed by atoms with Crippen molar-refractivity contribution in [2.45, 2.75) is 0 Å². The maximum Gasteiger partial charge on any atom is 0.235 e. The highest BCUT2D eigenvalue weighted by atomic mass is 32.1. The Balaban J connectivity index is 1.48. The first-order chi connectivity index (χ1) is 19.8. The molecule has 0 saturated carbocycles. The van der Waals surface area contributed by atoms with Crippen molar-refractivity contribution in [3.8, 4) is 17.2 Å². The van der Waals surface area contributed by atoms with Crippen LogP contribution >= 0.6 is 11.3 Å². The van der Waals surface area contributed by atoms with E-state index in [-0.39, 0.29) is 0 Å². The first-order valence-electron chi connectivity index (χ1n) is 13.4. The van der Waals surface area contributed by atoms with Gasteiger partial charge in [-0.1, -0.05) is 103 Å². The van der Waals surface area contributed by atoms with Crippen molar-refractivity contribution in [2.75, 3.05) is 0 Å². The van der Waals surface area contributed by atoms with Crippen LogP contribution in [0.5, 0.6) is 0 Å². The summed E-state index contributed by atoms with van der Waals surface area (Å²) in [5.41, 5.74) is 5.23. The van der Waals surface area contributed by atoms with Crippen LogP contribution in [0.15, 0.2) is 127 Å². The summed E-state index contributed by atoms with van der Waals surface area (Å²) in [4.78, 5) is 10.5. The van der Waals surface area contributed by atoms with Gasteiger partial charge in [-0.05, 0) is 29.7 Å². The van der Waals surface area contributed by atoms with Crippen molar-refractivity contribution >= 4 is 75.0 Å². The predicted octanol–water partition coefficient (Wildman–Crippen LogP) is 9.91. The Morgan fingerprint density at radius 3 is 2.15 bits per heavy atom. The number of nitrogens with zero attached hydrogens (tertiary/aromatic N) is 3. The number of thiophene rings is 1. The number of aromatic nitrogens is 3. The molecular weight excluding hydrogens is 506 g/mol. The normalized spacial score (nSPS) is 12.0. The Morgan fingerprint density at radius 1 is 0.500 bits per heavy atom. The molecule has 186 valence electrons. The monoisotopic (exact) mass is 527 g/mol. The van der Waals surface area contributed by atoms with Crippen molar-refractivity contribution in [3.63, 3.8) is 0 Å². The van der Waals surface area contributed by atoms with Crippen LogP contribution in [-0.2, 0) is 0 Å². The van der Waals surface area contributed by atoms with Crippen LogP contribution in [0.1, 0.15) is 0 Å². The highest BCUT2D eigenvalue weighted by molar-refractivity contribution is 7.25. The van der Waals surface area contributed by atoms with Gasteiger partial charge in [-0.3, -0.25) is 4.57 Å². The van der Waals surface area contributed by atoms with E-state index in [1.54, 1.807) is 0 Å². The third-order valence-corrected chi connectivity index (χ3v) is 9.12. The summed E-state index contributed by atoms with van der Waals surface area (Å²) in [5.74, 6) is 0.689. The second-order valence-electron chi connectivity index (χ2n) is 10.2. The van der Waals surface area contributed by atoms with E-state index < -0.39 is 0 Å². The summed E-state index contributed by atoms with van der Waals surface area (Å²) in [6, 6.07) is 45.2. The molecule has 0 spiro atoms. The Hall–Kier alpha value is -5.06. The fourth-order valence-electron chi connectivity index (χ4n) is 6.18. The molecule has 3 nitrogen and oxygen atoms in total. The van der Waals surface area contributed by atoms with Crippen LogP contribution in [0, 0.1) is 0 Å². The van der Waals surface area contributed by atoms with Gasteiger partial charge >= 0.3 is 0 Å². The summed E-state index contributed by atoms with van der Waals surface area (Å²) in [6.07, 6.45) is 0.